The van der Waals surface area contributed by atoms with Gasteiger partial charge in [0, 0.05) is 32.4 Å². The van der Waals surface area contributed by atoms with Crippen molar-refractivity contribution in [3.05, 3.63) is 251 Å². The van der Waals surface area contributed by atoms with E-state index in [9.17, 15) is 0 Å². The molecule has 0 bridgehead atoms. The summed E-state index contributed by atoms with van der Waals surface area (Å²) in [6.45, 7) is 19.0. The van der Waals surface area contributed by atoms with Gasteiger partial charge >= 0.3 is 0 Å². The van der Waals surface area contributed by atoms with Crippen LogP contribution in [0.1, 0.15) is 99.9 Å². The summed E-state index contributed by atoms with van der Waals surface area (Å²) in [6, 6.07) is 78.5. The van der Waals surface area contributed by atoms with Crippen molar-refractivity contribution < 1.29 is 0 Å². The zero-order chi connectivity index (χ0) is 54.6. The van der Waals surface area contributed by atoms with Crippen LogP contribution in [-0.4, -0.2) is 9.97 Å². The lowest BCUT2D eigenvalue weighted by Gasteiger charge is -2.22. The molecule has 0 fully saturated rings. The van der Waals surface area contributed by atoms with Gasteiger partial charge in [0.2, 0.25) is 0 Å². The fourth-order valence-corrected chi connectivity index (χ4v) is 16.7. The maximum absolute atomic E-state index is 6.06. The van der Waals surface area contributed by atoms with E-state index in [1.54, 1.807) is 0 Å². The van der Waals surface area contributed by atoms with Gasteiger partial charge in [-0.05, 0) is 170 Å². The molecule has 2 nitrogen and oxygen atoms in total. The number of thiophene rings is 1. The molecule has 0 N–H and O–H groups in total. The van der Waals surface area contributed by atoms with E-state index in [0.29, 0.717) is 0 Å². The van der Waals surface area contributed by atoms with Crippen LogP contribution in [0.2, 0.25) is 0 Å². The molecule has 11 aromatic carbocycles. The zero-order valence-electron chi connectivity index (χ0n) is 46.9. The van der Waals surface area contributed by atoms with Crippen molar-refractivity contribution in [1.82, 2.24) is 9.97 Å². The van der Waals surface area contributed by atoms with Crippen LogP contribution in [0.15, 0.2) is 206 Å². The van der Waals surface area contributed by atoms with Gasteiger partial charge < -0.3 is 0 Å². The van der Waals surface area contributed by atoms with Gasteiger partial charge in [-0.1, -0.05) is 225 Å². The molecule has 0 unspecified atom stereocenters. The fraction of sp³-hybridized carbons (Fsp3) is 0.154. The number of nitrogens with zero attached hydrogens (tertiary/aromatic N) is 2. The van der Waals surface area contributed by atoms with Crippen LogP contribution in [0.3, 0.4) is 0 Å². The number of hydrogen-bond donors (Lipinski definition) is 0. The van der Waals surface area contributed by atoms with Gasteiger partial charge in [0.05, 0.1) is 20.8 Å². The van der Waals surface area contributed by atoms with E-state index in [1.165, 1.54) is 133 Å². The Kier molecular flexibility index (Phi) is 9.30. The number of aromatic nitrogens is 2. The van der Waals surface area contributed by atoms with E-state index in [-0.39, 0.29) is 21.7 Å². The van der Waals surface area contributed by atoms with E-state index < -0.39 is 0 Å². The third-order valence-electron chi connectivity index (χ3n) is 19.9. The van der Waals surface area contributed by atoms with Gasteiger partial charge in [-0.2, -0.15) is 0 Å². The Labute approximate surface area is 477 Å². The van der Waals surface area contributed by atoms with Crippen molar-refractivity contribution in [3.63, 3.8) is 0 Å². The molecule has 0 aliphatic heterocycles. The predicted molar refractivity (Wildman–Crippen MR) is 342 cm³/mol. The summed E-state index contributed by atoms with van der Waals surface area (Å²) >= 11 is 1.85. The highest BCUT2D eigenvalue weighted by molar-refractivity contribution is 7.20. The summed E-state index contributed by atoms with van der Waals surface area (Å²) in [7, 11) is 0. The monoisotopic (exact) mass is 1050 g/mol. The quantitative estimate of drug-likeness (QED) is 0.164. The Balaban J connectivity index is 0.934. The molecule has 0 saturated carbocycles. The maximum atomic E-state index is 6.06. The molecule has 0 spiro atoms. The van der Waals surface area contributed by atoms with Gasteiger partial charge in [0.1, 0.15) is 11.0 Å². The van der Waals surface area contributed by atoms with Crippen LogP contribution in [-0.2, 0) is 21.7 Å². The lowest BCUT2D eigenvalue weighted by molar-refractivity contribution is 0.660. The van der Waals surface area contributed by atoms with Crippen molar-refractivity contribution in [1.29, 1.82) is 0 Å². The number of hydrogen-bond acceptors (Lipinski definition) is 3. The molecule has 4 aliphatic rings. The van der Waals surface area contributed by atoms with Crippen LogP contribution >= 0.6 is 11.3 Å². The molecule has 13 aromatic rings. The number of fused-ring (bicyclic) bond motifs is 19. The highest BCUT2D eigenvalue weighted by atomic mass is 32.1. The Hall–Kier alpha value is -8.76. The van der Waals surface area contributed by atoms with Crippen molar-refractivity contribution in [3.8, 4) is 87.6 Å². The van der Waals surface area contributed by atoms with Crippen LogP contribution in [0.4, 0.5) is 0 Å². The van der Waals surface area contributed by atoms with Crippen molar-refractivity contribution in [2.24, 2.45) is 0 Å². The smallest absolute Gasteiger partial charge is 0.109 e. The first-order valence-corrected chi connectivity index (χ1v) is 29.6. The summed E-state index contributed by atoms with van der Waals surface area (Å²) in [4.78, 5) is 14.4. The van der Waals surface area contributed by atoms with E-state index in [0.717, 1.165) is 42.6 Å². The van der Waals surface area contributed by atoms with Crippen molar-refractivity contribution in [2.45, 2.75) is 77.0 Å². The minimum atomic E-state index is -0.159. The van der Waals surface area contributed by atoms with Gasteiger partial charge in [-0.15, -0.1) is 11.3 Å². The van der Waals surface area contributed by atoms with Crippen molar-refractivity contribution >= 4 is 54.9 Å². The Morgan fingerprint density at radius 1 is 0.235 bits per heavy atom. The molecule has 0 amide bonds. The van der Waals surface area contributed by atoms with E-state index >= 15 is 0 Å². The Bertz CT molecular complexity index is 4690. The minimum absolute atomic E-state index is 0.115. The Morgan fingerprint density at radius 2 is 0.494 bits per heavy atom. The normalized spacial score (nSPS) is 15.8. The van der Waals surface area contributed by atoms with Gasteiger partial charge in [-0.3, -0.25) is 0 Å². The summed E-state index contributed by atoms with van der Waals surface area (Å²) in [6.07, 6.45) is 0. The highest BCUT2D eigenvalue weighted by Crippen LogP contribution is 2.56. The summed E-state index contributed by atoms with van der Waals surface area (Å²) in [5.74, 6) is 0. The largest absolute Gasteiger partial charge is 0.242 e. The van der Waals surface area contributed by atoms with Crippen LogP contribution < -0.4 is 0 Å². The van der Waals surface area contributed by atoms with E-state index in [2.05, 4.69) is 262 Å². The molecular formula is C78H58N2S. The molecule has 386 valence electrons. The molecule has 0 radical (unpaired) electrons. The van der Waals surface area contributed by atoms with Crippen LogP contribution in [0.25, 0.3) is 131 Å². The maximum Gasteiger partial charge on any atom is 0.109 e. The molecule has 2 heterocycles. The third-order valence-corrected chi connectivity index (χ3v) is 21.2. The van der Waals surface area contributed by atoms with Crippen LogP contribution in [0, 0.1) is 0 Å². The van der Waals surface area contributed by atoms with Gasteiger partial charge in [0.25, 0.3) is 0 Å². The lowest BCUT2D eigenvalue weighted by atomic mass is 9.81. The van der Waals surface area contributed by atoms with Crippen molar-refractivity contribution in [2.75, 3.05) is 0 Å². The highest BCUT2D eigenvalue weighted by Gasteiger charge is 2.40. The fourth-order valence-electron chi connectivity index (χ4n) is 15.5. The summed E-state index contributed by atoms with van der Waals surface area (Å²) < 4.78 is 0. The standard InChI is InChI=1S/C78H58N2S/c1-75(2)61-21-13-9-17-51(61)55-33-27-45(39-65(55)75)43-25-31-49-50-32-26-44(46-28-34-56-52-18-10-14-22-62(52)76(3,4)66(56)40-46)38-60(50)70-69(59(49)37-43)79-71-72(80-70)74(48-30-36-58-54-20-12-16-24-64(54)78(7,8)68(58)42-48)81-73(71)47-29-35-57-53-19-11-15-23-63(53)77(5,6)67(57)41-47/h9-42H,1-8H3. The molecule has 4 aliphatic carbocycles. The molecule has 0 atom stereocenters. The molecule has 81 heavy (non-hydrogen) atoms. The topological polar surface area (TPSA) is 25.8 Å². The average molecular weight is 1060 g/mol. The Morgan fingerprint density at radius 3 is 0.827 bits per heavy atom. The van der Waals surface area contributed by atoms with E-state index in [1.807, 2.05) is 11.3 Å². The predicted octanol–water partition coefficient (Wildman–Crippen LogP) is 21.0. The number of benzene rings is 11. The first-order valence-electron chi connectivity index (χ1n) is 28.8. The first kappa shape index (κ1) is 47.1. The lowest BCUT2D eigenvalue weighted by Crippen LogP contribution is -2.14. The SMILES string of the molecule is CC1(C)c2ccccc2-c2ccc(-c3ccc4c5ccc(-c6ccc7c(c6)C(C)(C)c6ccccc6-7)cc5c5nc6c(-c7ccc8c(c7)C(C)(C)c7ccccc7-8)sc(-c7ccc8c(c7)C(C)(C)c7ccccc7-8)c6nc5c4c3)cc21. The van der Waals surface area contributed by atoms with E-state index in [4.69, 9.17) is 9.97 Å². The van der Waals surface area contributed by atoms with Gasteiger partial charge in [0.15, 0.2) is 0 Å². The average Bonchev–Trinajstić information content (AvgIpc) is 4.43. The molecule has 2 aromatic heterocycles. The summed E-state index contributed by atoms with van der Waals surface area (Å²) in [5, 5.41) is 4.57. The molecule has 0 saturated heterocycles. The molecule has 3 heteroatoms. The van der Waals surface area contributed by atoms with Gasteiger partial charge in [-0.25, -0.2) is 9.97 Å². The van der Waals surface area contributed by atoms with Crippen LogP contribution in [0.5, 0.6) is 0 Å². The third kappa shape index (κ3) is 6.28. The molecular weight excluding hydrogens is 997 g/mol. The summed E-state index contributed by atoms with van der Waals surface area (Å²) in [5.41, 5.74) is 31.9. The number of rotatable bonds is 4. The minimum Gasteiger partial charge on any atom is -0.242 e. The zero-order valence-corrected chi connectivity index (χ0v) is 47.7. The second-order valence-electron chi connectivity index (χ2n) is 25.6. The second kappa shape index (κ2) is 16.0. The molecule has 17 rings (SSSR count). The second-order valence-corrected chi connectivity index (χ2v) is 26.6. The first-order chi connectivity index (χ1) is 39.2.